The lowest BCUT2D eigenvalue weighted by molar-refractivity contribution is -0.144. The van der Waals surface area contributed by atoms with E-state index in [9.17, 15) is 18.0 Å². The van der Waals surface area contributed by atoms with E-state index in [-0.39, 0.29) is 5.69 Å². The zero-order chi connectivity index (χ0) is 12.6. The van der Waals surface area contributed by atoms with Crippen LogP contribution in [-0.2, 0) is 6.18 Å². The number of alkyl halides is 3. The third-order valence-corrected chi connectivity index (χ3v) is 2.21. The number of H-pyrrole nitrogens is 1. The molecule has 0 bridgehead atoms. The normalized spacial score (nSPS) is 11.8. The molecule has 1 aromatic heterocycles. The lowest BCUT2D eigenvalue weighted by atomic mass is 10.3. The van der Waals surface area contributed by atoms with Gasteiger partial charge in [0.1, 0.15) is 0 Å². The van der Waals surface area contributed by atoms with E-state index in [4.69, 9.17) is 11.6 Å². The van der Waals surface area contributed by atoms with Gasteiger partial charge < -0.3 is 0 Å². The van der Waals surface area contributed by atoms with Crippen molar-refractivity contribution in [1.29, 1.82) is 0 Å². The van der Waals surface area contributed by atoms with Crippen molar-refractivity contribution in [1.82, 2.24) is 14.8 Å². The van der Waals surface area contributed by atoms with Crippen molar-refractivity contribution < 1.29 is 13.2 Å². The van der Waals surface area contributed by atoms with E-state index in [0.29, 0.717) is 9.70 Å². The van der Waals surface area contributed by atoms with Gasteiger partial charge in [-0.15, -0.1) is 5.10 Å². The molecule has 0 aliphatic carbocycles. The van der Waals surface area contributed by atoms with Gasteiger partial charge in [-0.25, -0.2) is 4.79 Å². The lowest BCUT2D eigenvalue weighted by Crippen LogP contribution is -2.15. The van der Waals surface area contributed by atoms with Gasteiger partial charge in [0.15, 0.2) is 0 Å². The highest BCUT2D eigenvalue weighted by Gasteiger charge is 2.35. The Morgan fingerprint density at radius 1 is 1.24 bits per heavy atom. The first-order chi connectivity index (χ1) is 7.88. The summed E-state index contributed by atoms with van der Waals surface area (Å²) in [5, 5.41) is 3.57. The Hall–Kier alpha value is -1.76. The SMILES string of the molecule is O=c1[nH]c(C(F)(F)F)nn1-c1ccc(Cl)cc1. The average molecular weight is 264 g/mol. The van der Waals surface area contributed by atoms with Crippen molar-refractivity contribution in [3.8, 4) is 5.69 Å². The van der Waals surface area contributed by atoms with E-state index in [1.54, 1.807) is 4.98 Å². The molecule has 0 atom stereocenters. The molecule has 0 aliphatic rings. The summed E-state index contributed by atoms with van der Waals surface area (Å²) < 4.78 is 37.5. The average Bonchev–Trinajstić information content (AvgIpc) is 2.61. The summed E-state index contributed by atoms with van der Waals surface area (Å²) in [6.45, 7) is 0. The first-order valence-electron chi connectivity index (χ1n) is 4.40. The monoisotopic (exact) mass is 263 g/mol. The molecule has 0 fully saturated rings. The number of nitrogens with zero attached hydrogens (tertiary/aromatic N) is 2. The van der Waals surface area contributed by atoms with Gasteiger partial charge in [-0.2, -0.15) is 17.9 Å². The van der Waals surface area contributed by atoms with E-state index >= 15 is 0 Å². The van der Waals surface area contributed by atoms with Gasteiger partial charge in [0.05, 0.1) is 5.69 Å². The van der Waals surface area contributed by atoms with Crippen molar-refractivity contribution in [2.45, 2.75) is 6.18 Å². The predicted octanol–water partition coefficient (Wildman–Crippen LogP) is 2.23. The second kappa shape index (κ2) is 3.92. The first kappa shape index (κ1) is 11.7. The number of nitrogens with one attached hydrogen (secondary N) is 1. The van der Waals surface area contributed by atoms with Gasteiger partial charge in [0, 0.05) is 5.02 Å². The third-order valence-electron chi connectivity index (χ3n) is 1.96. The molecule has 17 heavy (non-hydrogen) atoms. The standard InChI is InChI=1S/C9H5ClF3N3O/c10-5-1-3-6(4-2-5)16-8(17)14-7(15-16)9(11,12)13/h1-4H,(H,14,15,17). The topological polar surface area (TPSA) is 50.7 Å². The molecular formula is C9H5ClF3N3O. The fraction of sp³-hybridized carbons (Fsp3) is 0.111. The number of hydrogen-bond donors (Lipinski definition) is 1. The second-order valence-corrected chi connectivity index (χ2v) is 3.60. The van der Waals surface area contributed by atoms with Crippen LogP contribution < -0.4 is 5.69 Å². The van der Waals surface area contributed by atoms with Gasteiger partial charge in [-0.05, 0) is 24.3 Å². The summed E-state index contributed by atoms with van der Waals surface area (Å²) in [5.41, 5.74) is -0.759. The Balaban J connectivity index is 2.50. The van der Waals surface area contributed by atoms with Crippen LogP contribution in [0.2, 0.25) is 5.02 Å². The summed E-state index contributed by atoms with van der Waals surface area (Å²) in [6, 6.07) is 5.69. The lowest BCUT2D eigenvalue weighted by Gasteiger charge is -2.00. The quantitative estimate of drug-likeness (QED) is 0.858. The van der Waals surface area contributed by atoms with Crippen LogP contribution in [0.4, 0.5) is 13.2 Å². The Labute approximate surface area is 97.6 Å². The molecule has 0 saturated heterocycles. The van der Waals surface area contributed by atoms with Crippen LogP contribution in [0.15, 0.2) is 29.1 Å². The Morgan fingerprint density at radius 2 is 1.82 bits per heavy atom. The van der Waals surface area contributed by atoms with Gasteiger partial charge in [0.25, 0.3) is 0 Å². The van der Waals surface area contributed by atoms with Gasteiger partial charge >= 0.3 is 11.9 Å². The minimum absolute atomic E-state index is 0.200. The summed E-state index contributed by atoms with van der Waals surface area (Å²) in [5.74, 6) is -1.34. The number of aromatic amines is 1. The molecule has 90 valence electrons. The molecule has 0 saturated carbocycles. The van der Waals surface area contributed by atoms with Gasteiger partial charge in [-0.1, -0.05) is 11.6 Å². The molecule has 1 aromatic carbocycles. The summed E-state index contributed by atoms with van der Waals surface area (Å²) in [7, 11) is 0. The number of rotatable bonds is 1. The maximum Gasteiger partial charge on any atom is 0.451 e. The van der Waals surface area contributed by atoms with Crippen LogP contribution in [0.25, 0.3) is 5.69 Å². The van der Waals surface area contributed by atoms with E-state index in [0.717, 1.165) is 0 Å². The van der Waals surface area contributed by atoms with Crippen LogP contribution in [0.5, 0.6) is 0 Å². The Bertz CT molecular complexity index is 585. The zero-order valence-corrected chi connectivity index (χ0v) is 8.88. The molecule has 0 spiro atoms. The van der Waals surface area contributed by atoms with Crippen molar-refractivity contribution in [3.63, 3.8) is 0 Å². The minimum Gasteiger partial charge on any atom is -0.285 e. The van der Waals surface area contributed by atoms with Crippen LogP contribution in [-0.4, -0.2) is 14.8 Å². The number of hydrogen-bond acceptors (Lipinski definition) is 2. The fourth-order valence-electron chi connectivity index (χ4n) is 1.21. The second-order valence-electron chi connectivity index (χ2n) is 3.16. The third kappa shape index (κ3) is 2.33. The molecule has 0 aliphatic heterocycles. The summed E-state index contributed by atoms with van der Waals surface area (Å²) in [6.07, 6.45) is -4.68. The Morgan fingerprint density at radius 3 is 2.29 bits per heavy atom. The highest BCUT2D eigenvalue weighted by Crippen LogP contribution is 2.25. The van der Waals surface area contributed by atoms with E-state index in [1.807, 2.05) is 0 Å². The zero-order valence-electron chi connectivity index (χ0n) is 8.12. The van der Waals surface area contributed by atoms with E-state index in [1.165, 1.54) is 24.3 Å². The molecule has 0 unspecified atom stereocenters. The van der Waals surface area contributed by atoms with Crippen LogP contribution in [0.3, 0.4) is 0 Å². The van der Waals surface area contributed by atoms with E-state index in [2.05, 4.69) is 5.10 Å². The maximum atomic E-state index is 12.3. The summed E-state index contributed by atoms with van der Waals surface area (Å²) >= 11 is 5.62. The Kier molecular flexibility index (Phi) is 2.70. The van der Waals surface area contributed by atoms with Crippen LogP contribution >= 0.6 is 11.6 Å². The number of aromatic nitrogens is 3. The minimum atomic E-state index is -4.68. The smallest absolute Gasteiger partial charge is 0.285 e. The molecule has 1 heterocycles. The van der Waals surface area contributed by atoms with Gasteiger partial charge in [-0.3, -0.25) is 4.98 Å². The fourth-order valence-corrected chi connectivity index (χ4v) is 1.34. The number of benzene rings is 1. The first-order valence-corrected chi connectivity index (χ1v) is 4.78. The molecular weight excluding hydrogens is 259 g/mol. The summed E-state index contributed by atoms with van der Waals surface area (Å²) in [4.78, 5) is 12.9. The molecule has 2 aromatic rings. The molecule has 0 radical (unpaired) electrons. The maximum absolute atomic E-state index is 12.3. The predicted molar refractivity (Wildman–Crippen MR) is 54.2 cm³/mol. The largest absolute Gasteiger partial charge is 0.451 e. The van der Waals surface area contributed by atoms with Crippen molar-refractivity contribution in [2.75, 3.05) is 0 Å². The molecule has 8 heteroatoms. The molecule has 1 N–H and O–H groups in total. The molecule has 0 amide bonds. The van der Waals surface area contributed by atoms with Crippen LogP contribution in [0, 0.1) is 0 Å². The number of halogens is 4. The van der Waals surface area contributed by atoms with Crippen molar-refractivity contribution in [2.24, 2.45) is 0 Å². The van der Waals surface area contributed by atoms with Crippen molar-refractivity contribution in [3.05, 3.63) is 45.6 Å². The highest BCUT2D eigenvalue weighted by atomic mass is 35.5. The van der Waals surface area contributed by atoms with Gasteiger partial charge in [0.2, 0.25) is 5.82 Å². The van der Waals surface area contributed by atoms with E-state index < -0.39 is 17.7 Å². The van der Waals surface area contributed by atoms with Crippen LogP contribution in [0.1, 0.15) is 5.82 Å². The highest BCUT2D eigenvalue weighted by molar-refractivity contribution is 6.30. The van der Waals surface area contributed by atoms with Crippen molar-refractivity contribution >= 4 is 11.6 Å². The molecule has 2 rings (SSSR count). The molecule has 4 nitrogen and oxygen atoms in total.